The van der Waals surface area contributed by atoms with E-state index < -0.39 is 16.1 Å². The summed E-state index contributed by atoms with van der Waals surface area (Å²) in [6.07, 6.45) is 0.116. The molecule has 7 nitrogen and oxygen atoms in total. The number of fused-ring (bicyclic) bond motifs is 1. The topological polar surface area (TPSA) is 78.0 Å². The lowest BCUT2D eigenvalue weighted by molar-refractivity contribution is -0.123. The van der Waals surface area contributed by atoms with Crippen LogP contribution in [0.25, 0.3) is 10.8 Å². The van der Waals surface area contributed by atoms with E-state index in [0.29, 0.717) is 18.8 Å². The van der Waals surface area contributed by atoms with Gasteiger partial charge in [0.15, 0.2) is 0 Å². The summed E-state index contributed by atoms with van der Waals surface area (Å²) in [7, 11) is -3.63. The van der Waals surface area contributed by atoms with Crippen molar-refractivity contribution in [2.24, 2.45) is 0 Å². The van der Waals surface area contributed by atoms with Crippen LogP contribution in [0.3, 0.4) is 0 Å². The van der Waals surface area contributed by atoms with Crippen molar-refractivity contribution in [3.8, 4) is 0 Å². The summed E-state index contributed by atoms with van der Waals surface area (Å²) in [5, 5.41) is 1.87. The van der Waals surface area contributed by atoms with Crippen molar-refractivity contribution < 1.29 is 18.0 Å². The van der Waals surface area contributed by atoms with Crippen LogP contribution >= 0.6 is 0 Å². The van der Waals surface area contributed by atoms with Gasteiger partial charge in [0, 0.05) is 26.2 Å². The number of hydrogen-bond acceptors (Lipinski definition) is 5. The van der Waals surface area contributed by atoms with Gasteiger partial charge in [-0.3, -0.25) is 14.5 Å². The van der Waals surface area contributed by atoms with Crippen LogP contribution in [-0.2, 0) is 19.6 Å². The minimum atomic E-state index is -3.63. The molecule has 2 heterocycles. The number of para-hydroxylation sites is 1. The van der Waals surface area contributed by atoms with Gasteiger partial charge in [0.1, 0.15) is 0 Å². The molecule has 0 aliphatic carbocycles. The fourth-order valence-electron chi connectivity index (χ4n) is 4.48. The van der Waals surface area contributed by atoms with E-state index in [4.69, 9.17) is 0 Å². The van der Waals surface area contributed by atoms with Crippen molar-refractivity contribution in [3.05, 3.63) is 72.8 Å². The van der Waals surface area contributed by atoms with E-state index >= 15 is 0 Å². The summed E-state index contributed by atoms with van der Waals surface area (Å²) in [5.41, 5.74) is 0.572. The molecule has 2 saturated heterocycles. The SMILES string of the molecule is O=C1CC(N2CCN(S(=O)(=O)c3ccc4ccccc4c3)CC2)C(=O)N1c1ccccc1. The van der Waals surface area contributed by atoms with Crippen molar-refractivity contribution in [1.82, 2.24) is 9.21 Å². The highest BCUT2D eigenvalue weighted by molar-refractivity contribution is 7.89. The number of sulfonamides is 1. The second kappa shape index (κ2) is 8.12. The lowest BCUT2D eigenvalue weighted by Crippen LogP contribution is -2.53. The third-order valence-electron chi connectivity index (χ3n) is 6.21. The van der Waals surface area contributed by atoms with Crippen LogP contribution in [0.1, 0.15) is 6.42 Å². The monoisotopic (exact) mass is 449 g/mol. The molecule has 0 spiro atoms. The first-order chi connectivity index (χ1) is 15.4. The number of nitrogens with zero attached hydrogens (tertiary/aromatic N) is 3. The van der Waals surface area contributed by atoms with Gasteiger partial charge in [0.05, 0.1) is 23.0 Å². The van der Waals surface area contributed by atoms with Gasteiger partial charge in [-0.05, 0) is 35.0 Å². The molecule has 164 valence electrons. The second-order valence-electron chi connectivity index (χ2n) is 8.07. The van der Waals surface area contributed by atoms with Gasteiger partial charge in [-0.2, -0.15) is 4.31 Å². The number of amides is 2. The standard InChI is InChI=1S/C24H23N3O4S/c28-23-17-22(24(29)27(23)20-8-2-1-3-9-20)25-12-14-26(15-13-25)32(30,31)21-11-10-18-6-4-5-7-19(18)16-21/h1-11,16,22H,12-15,17H2. The van der Waals surface area contributed by atoms with Gasteiger partial charge < -0.3 is 0 Å². The predicted molar refractivity (Wildman–Crippen MR) is 122 cm³/mol. The van der Waals surface area contributed by atoms with Crippen molar-refractivity contribution >= 4 is 38.3 Å². The summed E-state index contributed by atoms with van der Waals surface area (Å²) in [4.78, 5) is 28.9. The number of rotatable bonds is 4. The molecule has 1 atom stereocenters. The number of anilines is 1. The first-order valence-corrected chi connectivity index (χ1v) is 12.0. The maximum absolute atomic E-state index is 13.2. The molecule has 0 aromatic heterocycles. The maximum Gasteiger partial charge on any atom is 0.251 e. The average Bonchev–Trinajstić information content (AvgIpc) is 3.13. The fraction of sp³-hybridized carbons (Fsp3) is 0.250. The summed E-state index contributed by atoms with van der Waals surface area (Å²) in [6, 6.07) is 21.2. The molecule has 2 amide bonds. The number of imide groups is 1. The van der Waals surface area contributed by atoms with Crippen LogP contribution in [-0.4, -0.2) is 61.7 Å². The highest BCUT2D eigenvalue weighted by Gasteiger charge is 2.44. The molecule has 8 heteroatoms. The Hall–Kier alpha value is -3.07. The molecular formula is C24H23N3O4S. The normalized spacial score (nSPS) is 20.9. The molecule has 0 saturated carbocycles. The van der Waals surface area contributed by atoms with E-state index in [1.165, 1.54) is 9.21 Å². The predicted octanol–water partition coefficient (Wildman–Crippen LogP) is 2.48. The summed E-state index contributed by atoms with van der Waals surface area (Å²) >= 11 is 0. The molecule has 5 rings (SSSR count). The van der Waals surface area contributed by atoms with Gasteiger partial charge in [-0.1, -0.05) is 48.5 Å². The van der Waals surface area contributed by atoms with Crippen molar-refractivity contribution in [2.45, 2.75) is 17.4 Å². The van der Waals surface area contributed by atoms with Gasteiger partial charge in [-0.15, -0.1) is 0 Å². The van der Waals surface area contributed by atoms with Crippen LogP contribution < -0.4 is 4.90 Å². The molecule has 0 N–H and O–H groups in total. The Morgan fingerprint density at radius 3 is 2.12 bits per heavy atom. The number of carbonyl (C=O) groups is 2. The Morgan fingerprint density at radius 2 is 1.41 bits per heavy atom. The number of hydrogen-bond donors (Lipinski definition) is 0. The first-order valence-electron chi connectivity index (χ1n) is 10.6. The fourth-order valence-corrected chi connectivity index (χ4v) is 5.94. The zero-order valence-electron chi connectivity index (χ0n) is 17.4. The van der Waals surface area contributed by atoms with Crippen molar-refractivity contribution in [2.75, 3.05) is 31.1 Å². The van der Waals surface area contributed by atoms with Crippen LogP contribution in [0.15, 0.2) is 77.7 Å². The van der Waals surface area contributed by atoms with Gasteiger partial charge in [0.25, 0.3) is 5.91 Å². The van der Waals surface area contributed by atoms with E-state index in [1.807, 2.05) is 41.3 Å². The Balaban J connectivity index is 1.29. The van der Waals surface area contributed by atoms with E-state index in [0.717, 1.165) is 10.8 Å². The quantitative estimate of drug-likeness (QED) is 0.572. The molecule has 3 aromatic carbocycles. The lowest BCUT2D eigenvalue weighted by atomic mass is 10.1. The smallest absolute Gasteiger partial charge is 0.251 e. The minimum Gasteiger partial charge on any atom is -0.289 e. The van der Waals surface area contributed by atoms with Gasteiger partial charge in [0.2, 0.25) is 15.9 Å². The molecule has 2 fully saturated rings. The molecule has 2 aliphatic heterocycles. The zero-order chi connectivity index (χ0) is 22.3. The molecule has 3 aromatic rings. The largest absolute Gasteiger partial charge is 0.289 e. The third-order valence-corrected chi connectivity index (χ3v) is 8.10. The third kappa shape index (κ3) is 3.60. The molecule has 1 unspecified atom stereocenters. The highest BCUT2D eigenvalue weighted by atomic mass is 32.2. The lowest BCUT2D eigenvalue weighted by Gasteiger charge is -2.36. The van der Waals surface area contributed by atoms with Crippen LogP contribution in [0.2, 0.25) is 0 Å². The van der Waals surface area contributed by atoms with E-state index in [-0.39, 0.29) is 36.2 Å². The van der Waals surface area contributed by atoms with Gasteiger partial charge in [-0.25, -0.2) is 13.3 Å². The Bertz CT molecular complexity index is 1280. The number of piperazine rings is 1. The summed E-state index contributed by atoms with van der Waals surface area (Å²) in [6.45, 7) is 1.36. The zero-order valence-corrected chi connectivity index (χ0v) is 18.2. The average molecular weight is 450 g/mol. The Labute approximate surface area is 186 Å². The number of carbonyl (C=O) groups excluding carboxylic acids is 2. The summed E-state index contributed by atoms with van der Waals surface area (Å²) < 4.78 is 27.8. The van der Waals surface area contributed by atoms with Gasteiger partial charge >= 0.3 is 0 Å². The van der Waals surface area contributed by atoms with E-state index in [1.54, 1.807) is 36.4 Å². The number of benzene rings is 3. The molecule has 2 aliphatic rings. The maximum atomic E-state index is 13.2. The molecule has 32 heavy (non-hydrogen) atoms. The Kier molecular flexibility index (Phi) is 5.28. The van der Waals surface area contributed by atoms with Crippen molar-refractivity contribution in [1.29, 1.82) is 0 Å². The van der Waals surface area contributed by atoms with Crippen molar-refractivity contribution in [3.63, 3.8) is 0 Å². The van der Waals surface area contributed by atoms with E-state index in [2.05, 4.69) is 0 Å². The van der Waals surface area contributed by atoms with E-state index in [9.17, 15) is 18.0 Å². The van der Waals surface area contributed by atoms with Crippen LogP contribution in [0, 0.1) is 0 Å². The molecule has 0 bridgehead atoms. The first kappa shape index (κ1) is 20.8. The van der Waals surface area contributed by atoms with Crippen LogP contribution in [0.4, 0.5) is 5.69 Å². The minimum absolute atomic E-state index is 0.116. The Morgan fingerprint density at radius 1 is 0.750 bits per heavy atom. The van der Waals surface area contributed by atoms with Crippen LogP contribution in [0.5, 0.6) is 0 Å². The molecular weight excluding hydrogens is 426 g/mol. The highest BCUT2D eigenvalue weighted by Crippen LogP contribution is 2.28. The summed E-state index contributed by atoms with van der Waals surface area (Å²) in [5.74, 6) is -0.468. The second-order valence-corrected chi connectivity index (χ2v) is 10.0. The molecule has 0 radical (unpaired) electrons.